The predicted octanol–water partition coefficient (Wildman–Crippen LogP) is 2.55. The van der Waals surface area contributed by atoms with E-state index in [1.165, 1.54) is 0 Å². The second kappa shape index (κ2) is 7.23. The molecule has 1 saturated carbocycles. The van der Waals surface area contributed by atoms with E-state index in [0.717, 1.165) is 50.8 Å². The summed E-state index contributed by atoms with van der Waals surface area (Å²) in [6.45, 7) is 5.97. The van der Waals surface area contributed by atoms with Crippen LogP contribution in [-0.2, 0) is 14.3 Å². The molecule has 1 aliphatic carbocycles. The lowest BCUT2D eigenvalue weighted by molar-refractivity contribution is -0.170. The van der Waals surface area contributed by atoms with Crippen LogP contribution in [0.3, 0.4) is 0 Å². The Morgan fingerprint density at radius 1 is 1.33 bits per heavy atom. The normalized spacial score (nSPS) is 27.9. The third-order valence-electron chi connectivity index (χ3n) is 6.72. The highest BCUT2D eigenvalue weighted by Crippen LogP contribution is 2.42. The lowest BCUT2D eigenvalue weighted by Gasteiger charge is -2.42. The Labute approximate surface area is 160 Å². The largest absolute Gasteiger partial charge is 0.356 e. The average molecular weight is 371 g/mol. The Morgan fingerprint density at radius 3 is 2.70 bits per heavy atom. The van der Waals surface area contributed by atoms with Gasteiger partial charge in [0.05, 0.1) is 6.04 Å². The summed E-state index contributed by atoms with van der Waals surface area (Å²) in [4.78, 5) is 34.1. The van der Waals surface area contributed by atoms with E-state index in [4.69, 9.17) is 4.74 Å². The fourth-order valence-corrected chi connectivity index (χ4v) is 4.63. The molecule has 6 heteroatoms. The van der Waals surface area contributed by atoms with Crippen molar-refractivity contribution in [2.75, 3.05) is 19.7 Å². The summed E-state index contributed by atoms with van der Waals surface area (Å²) in [6.07, 6.45) is 8.04. The van der Waals surface area contributed by atoms with Crippen molar-refractivity contribution in [2.24, 2.45) is 5.41 Å². The molecule has 0 radical (unpaired) electrons. The molecule has 6 nitrogen and oxygen atoms in total. The third-order valence-corrected chi connectivity index (χ3v) is 6.72. The number of pyridine rings is 1. The van der Waals surface area contributed by atoms with Crippen LogP contribution in [0.2, 0.25) is 0 Å². The first-order valence-electron chi connectivity index (χ1n) is 10.2. The lowest BCUT2D eigenvalue weighted by atomic mass is 9.82. The monoisotopic (exact) mass is 371 g/mol. The summed E-state index contributed by atoms with van der Waals surface area (Å²) in [5.41, 5.74) is 1.10. The fraction of sp³-hybridized carbons (Fsp3) is 0.667. The molecule has 3 heterocycles. The van der Waals surface area contributed by atoms with Crippen LogP contribution >= 0.6 is 0 Å². The Kier molecular flexibility index (Phi) is 4.93. The molecule has 1 aromatic rings. The molecule has 0 bridgehead atoms. The molecule has 2 aliphatic heterocycles. The van der Waals surface area contributed by atoms with Crippen LogP contribution in [0.25, 0.3) is 0 Å². The highest BCUT2D eigenvalue weighted by molar-refractivity contribution is 5.87. The van der Waals surface area contributed by atoms with Crippen molar-refractivity contribution in [3.8, 4) is 0 Å². The van der Waals surface area contributed by atoms with Gasteiger partial charge in [0.25, 0.3) is 5.91 Å². The van der Waals surface area contributed by atoms with Gasteiger partial charge in [-0.05, 0) is 49.1 Å². The van der Waals surface area contributed by atoms with Gasteiger partial charge in [0.15, 0.2) is 6.10 Å². The molecule has 0 unspecified atom stereocenters. The van der Waals surface area contributed by atoms with Gasteiger partial charge >= 0.3 is 0 Å². The number of nitrogens with zero attached hydrogens (tertiary/aromatic N) is 3. The minimum atomic E-state index is -0.642. The Bertz CT molecular complexity index is 700. The van der Waals surface area contributed by atoms with Crippen molar-refractivity contribution in [3.63, 3.8) is 0 Å². The summed E-state index contributed by atoms with van der Waals surface area (Å²) in [7, 11) is 0. The number of hydrogen-bond acceptors (Lipinski definition) is 4. The highest BCUT2D eigenvalue weighted by atomic mass is 16.5. The van der Waals surface area contributed by atoms with Crippen molar-refractivity contribution in [2.45, 2.75) is 64.1 Å². The first kappa shape index (κ1) is 18.4. The first-order valence-corrected chi connectivity index (χ1v) is 10.2. The number of likely N-dealkylation sites (tertiary alicyclic amines) is 1. The molecule has 2 saturated heterocycles. The standard InChI is InChI=1S/C21H29N3O3/c1-3-21(4-2)9-11-23(14-21)20(26)19-18(15-6-5-10-22-12-15)24(16-7-8-16)17(25)13-27-19/h5-6,10,12,16,18-19H,3-4,7-9,11,13-14H2,1-2H3/t18-,19+/m1/s1. The number of hydrogen-bond donors (Lipinski definition) is 0. The van der Waals surface area contributed by atoms with Crippen LogP contribution in [0.4, 0.5) is 0 Å². The smallest absolute Gasteiger partial charge is 0.254 e. The highest BCUT2D eigenvalue weighted by Gasteiger charge is 2.49. The van der Waals surface area contributed by atoms with E-state index in [2.05, 4.69) is 18.8 Å². The molecule has 0 aromatic carbocycles. The molecule has 4 rings (SSSR count). The van der Waals surface area contributed by atoms with Gasteiger partial charge in [-0.15, -0.1) is 0 Å². The maximum Gasteiger partial charge on any atom is 0.254 e. The van der Waals surface area contributed by atoms with Crippen molar-refractivity contribution >= 4 is 11.8 Å². The van der Waals surface area contributed by atoms with E-state index in [0.29, 0.717) is 0 Å². The van der Waals surface area contributed by atoms with Crippen LogP contribution < -0.4 is 0 Å². The van der Waals surface area contributed by atoms with Gasteiger partial charge < -0.3 is 14.5 Å². The molecule has 27 heavy (non-hydrogen) atoms. The molecule has 0 spiro atoms. The van der Waals surface area contributed by atoms with Gasteiger partial charge in [0.2, 0.25) is 5.91 Å². The van der Waals surface area contributed by atoms with Crippen molar-refractivity contribution < 1.29 is 14.3 Å². The van der Waals surface area contributed by atoms with Crippen LogP contribution in [-0.4, -0.2) is 58.4 Å². The maximum absolute atomic E-state index is 13.4. The van der Waals surface area contributed by atoms with Crippen molar-refractivity contribution in [1.29, 1.82) is 0 Å². The summed E-state index contributed by atoms with van der Waals surface area (Å²) in [5, 5.41) is 0. The van der Waals surface area contributed by atoms with Gasteiger partial charge in [0.1, 0.15) is 6.61 Å². The molecular formula is C21H29N3O3. The van der Waals surface area contributed by atoms with Gasteiger partial charge in [-0.25, -0.2) is 0 Å². The van der Waals surface area contributed by atoms with E-state index < -0.39 is 6.10 Å². The fourth-order valence-electron chi connectivity index (χ4n) is 4.63. The number of morpholine rings is 1. The Balaban J connectivity index is 1.62. The number of ether oxygens (including phenoxy) is 1. The Morgan fingerprint density at radius 2 is 2.11 bits per heavy atom. The quantitative estimate of drug-likeness (QED) is 0.798. The molecule has 3 aliphatic rings. The van der Waals surface area contributed by atoms with Crippen LogP contribution in [0.15, 0.2) is 24.5 Å². The summed E-state index contributed by atoms with van der Waals surface area (Å²) in [6, 6.07) is 3.65. The maximum atomic E-state index is 13.4. The average Bonchev–Trinajstić information content (AvgIpc) is 3.45. The van der Waals surface area contributed by atoms with Crippen LogP contribution in [0.1, 0.15) is 57.6 Å². The van der Waals surface area contributed by atoms with Crippen molar-refractivity contribution in [3.05, 3.63) is 30.1 Å². The summed E-state index contributed by atoms with van der Waals surface area (Å²) in [5.74, 6) is -0.000865. The second-order valence-electron chi connectivity index (χ2n) is 8.21. The molecular weight excluding hydrogens is 342 g/mol. The number of rotatable bonds is 5. The molecule has 3 fully saturated rings. The predicted molar refractivity (Wildman–Crippen MR) is 101 cm³/mol. The van der Waals surface area contributed by atoms with Gasteiger partial charge in [-0.3, -0.25) is 14.6 Å². The van der Waals surface area contributed by atoms with Gasteiger partial charge in [-0.1, -0.05) is 19.9 Å². The summed E-state index contributed by atoms with van der Waals surface area (Å²) >= 11 is 0. The van der Waals surface area contributed by atoms with Crippen molar-refractivity contribution in [1.82, 2.24) is 14.8 Å². The zero-order chi connectivity index (χ0) is 19.0. The Hall–Kier alpha value is -1.95. The van der Waals surface area contributed by atoms with Gasteiger partial charge in [0, 0.05) is 31.5 Å². The number of carbonyl (C=O) groups excluding carboxylic acids is 2. The molecule has 146 valence electrons. The van der Waals surface area contributed by atoms with Crippen LogP contribution in [0, 0.1) is 5.41 Å². The van der Waals surface area contributed by atoms with Crippen LogP contribution in [0.5, 0.6) is 0 Å². The number of aromatic nitrogens is 1. The first-order chi connectivity index (χ1) is 13.1. The number of amides is 2. The molecule has 2 atom stereocenters. The minimum Gasteiger partial charge on any atom is -0.356 e. The second-order valence-corrected chi connectivity index (χ2v) is 8.21. The summed E-state index contributed by atoms with van der Waals surface area (Å²) < 4.78 is 5.86. The topological polar surface area (TPSA) is 62.7 Å². The number of carbonyl (C=O) groups is 2. The van der Waals surface area contributed by atoms with E-state index in [9.17, 15) is 9.59 Å². The van der Waals surface area contributed by atoms with E-state index in [-0.39, 0.29) is 35.9 Å². The zero-order valence-electron chi connectivity index (χ0n) is 16.3. The molecule has 0 N–H and O–H groups in total. The molecule has 1 aromatic heterocycles. The molecule has 2 amide bonds. The van der Waals surface area contributed by atoms with E-state index in [1.54, 1.807) is 12.4 Å². The zero-order valence-corrected chi connectivity index (χ0v) is 16.3. The van der Waals surface area contributed by atoms with Gasteiger partial charge in [-0.2, -0.15) is 0 Å². The van der Waals surface area contributed by atoms with E-state index >= 15 is 0 Å². The minimum absolute atomic E-state index is 0.00972. The third kappa shape index (κ3) is 3.35. The SMILES string of the molecule is CCC1(CC)CCN(C(=O)[C@H]2OCC(=O)N(C3CC3)[C@@H]2c2cccnc2)C1. The van der Waals surface area contributed by atoms with E-state index in [1.807, 2.05) is 21.9 Å². The lowest BCUT2D eigenvalue weighted by Crippen LogP contribution is -2.55.